The molecule has 1 aromatic heterocycles. The molecule has 18 heavy (non-hydrogen) atoms. The normalized spacial score (nSPS) is 15.2. The Labute approximate surface area is 109 Å². The summed E-state index contributed by atoms with van der Waals surface area (Å²) in [6.07, 6.45) is 2.20. The minimum Gasteiger partial charge on any atom is -0.459 e. The maximum Gasteiger partial charge on any atom is 0.134 e. The van der Waals surface area contributed by atoms with Crippen molar-refractivity contribution in [2.45, 2.75) is 39.7 Å². The molecule has 2 unspecified atom stereocenters. The Hall–Kier alpha value is -1.28. The monoisotopic (exact) mass is 245 g/mol. The van der Waals surface area contributed by atoms with E-state index < -0.39 is 0 Å². The smallest absolute Gasteiger partial charge is 0.134 e. The number of hydrogen-bond acceptors (Lipinski definition) is 2. The molecule has 2 heteroatoms. The molecule has 0 aliphatic carbocycles. The standard InChI is InChI=1S/C16H23NO/c1-11(2)8-12(3)9-14(17)16-10-13-6-4-5-7-15(13)18-16/h4-7,10-12,14H,8-9,17H2,1-3H3. The van der Waals surface area contributed by atoms with E-state index >= 15 is 0 Å². The molecule has 0 radical (unpaired) electrons. The summed E-state index contributed by atoms with van der Waals surface area (Å²) in [6.45, 7) is 6.77. The van der Waals surface area contributed by atoms with Crippen molar-refractivity contribution in [3.05, 3.63) is 36.1 Å². The molecule has 1 aromatic carbocycles. The number of benzene rings is 1. The van der Waals surface area contributed by atoms with Crippen LogP contribution in [0.3, 0.4) is 0 Å². The molecule has 2 aromatic rings. The van der Waals surface area contributed by atoms with E-state index in [2.05, 4.69) is 32.9 Å². The SMILES string of the molecule is CC(C)CC(C)CC(N)c1cc2ccccc2o1. The Bertz CT molecular complexity index is 468. The van der Waals surface area contributed by atoms with Gasteiger partial charge in [0.1, 0.15) is 11.3 Å². The van der Waals surface area contributed by atoms with Crippen LogP contribution in [-0.2, 0) is 0 Å². The van der Waals surface area contributed by atoms with Crippen molar-refractivity contribution in [2.24, 2.45) is 17.6 Å². The summed E-state index contributed by atoms with van der Waals surface area (Å²) >= 11 is 0. The van der Waals surface area contributed by atoms with Crippen LogP contribution < -0.4 is 5.73 Å². The summed E-state index contributed by atoms with van der Waals surface area (Å²) in [4.78, 5) is 0. The van der Waals surface area contributed by atoms with Gasteiger partial charge in [0.15, 0.2) is 0 Å². The van der Waals surface area contributed by atoms with Crippen LogP contribution in [0, 0.1) is 11.8 Å². The quantitative estimate of drug-likeness (QED) is 0.842. The van der Waals surface area contributed by atoms with Crippen LogP contribution in [0.15, 0.2) is 34.7 Å². The van der Waals surface area contributed by atoms with Crippen LogP contribution >= 0.6 is 0 Å². The van der Waals surface area contributed by atoms with Crippen LogP contribution in [0.4, 0.5) is 0 Å². The number of para-hydroxylation sites is 1. The van der Waals surface area contributed by atoms with Crippen molar-refractivity contribution >= 4 is 11.0 Å². The van der Waals surface area contributed by atoms with Gasteiger partial charge in [-0.1, -0.05) is 39.0 Å². The molecule has 0 bridgehead atoms. The van der Waals surface area contributed by atoms with E-state index in [4.69, 9.17) is 10.2 Å². The average molecular weight is 245 g/mol. The Morgan fingerprint density at radius 3 is 2.50 bits per heavy atom. The second-order valence-electron chi connectivity index (χ2n) is 5.76. The van der Waals surface area contributed by atoms with Gasteiger partial charge in [0.05, 0.1) is 6.04 Å². The lowest BCUT2D eigenvalue weighted by Gasteiger charge is -2.17. The van der Waals surface area contributed by atoms with Crippen molar-refractivity contribution in [2.75, 3.05) is 0 Å². The largest absolute Gasteiger partial charge is 0.459 e. The second kappa shape index (κ2) is 5.57. The number of fused-ring (bicyclic) bond motifs is 1. The fourth-order valence-corrected chi connectivity index (χ4v) is 2.64. The van der Waals surface area contributed by atoms with Crippen LogP contribution in [0.5, 0.6) is 0 Å². The fourth-order valence-electron chi connectivity index (χ4n) is 2.64. The maximum absolute atomic E-state index is 6.24. The molecular formula is C16H23NO. The summed E-state index contributed by atoms with van der Waals surface area (Å²) in [7, 11) is 0. The van der Waals surface area contributed by atoms with Crippen molar-refractivity contribution in [3.63, 3.8) is 0 Å². The lowest BCUT2D eigenvalue weighted by Crippen LogP contribution is -2.14. The molecule has 0 saturated heterocycles. The van der Waals surface area contributed by atoms with Crippen LogP contribution in [0.2, 0.25) is 0 Å². The minimum absolute atomic E-state index is 0.00569. The van der Waals surface area contributed by atoms with Gasteiger partial charge in [0.25, 0.3) is 0 Å². The molecule has 98 valence electrons. The predicted octanol–water partition coefficient (Wildman–Crippen LogP) is 4.50. The van der Waals surface area contributed by atoms with Crippen molar-refractivity contribution in [1.29, 1.82) is 0 Å². The van der Waals surface area contributed by atoms with Gasteiger partial charge in [0, 0.05) is 5.39 Å². The van der Waals surface area contributed by atoms with Gasteiger partial charge >= 0.3 is 0 Å². The van der Waals surface area contributed by atoms with Crippen molar-refractivity contribution < 1.29 is 4.42 Å². The van der Waals surface area contributed by atoms with Gasteiger partial charge < -0.3 is 10.2 Å². The van der Waals surface area contributed by atoms with Gasteiger partial charge in [0.2, 0.25) is 0 Å². The molecule has 0 aliphatic rings. The number of nitrogens with two attached hydrogens (primary N) is 1. The highest BCUT2D eigenvalue weighted by Crippen LogP contribution is 2.27. The third-order valence-corrected chi connectivity index (χ3v) is 3.34. The summed E-state index contributed by atoms with van der Waals surface area (Å²) in [5.41, 5.74) is 7.17. The van der Waals surface area contributed by atoms with Gasteiger partial charge in [-0.3, -0.25) is 0 Å². The van der Waals surface area contributed by atoms with Crippen LogP contribution in [0.25, 0.3) is 11.0 Å². The number of furan rings is 1. The Morgan fingerprint density at radius 2 is 1.83 bits per heavy atom. The van der Waals surface area contributed by atoms with E-state index in [0.717, 1.165) is 29.1 Å². The molecule has 2 rings (SSSR count). The Balaban J connectivity index is 2.06. The fraction of sp³-hybridized carbons (Fsp3) is 0.500. The molecule has 0 fully saturated rings. The summed E-state index contributed by atoms with van der Waals surface area (Å²) < 4.78 is 5.81. The first-order chi connectivity index (χ1) is 8.56. The predicted molar refractivity (Wildman–Crippen MR) is 76.4 cm³/mol. The highest BCUT2D eigenvalue weighted by molar-refractivity contribution is 5.77. The molecule has 1 heterocycles. The van der Waals surface area contributed by atoms with Crippen molar-refractivity contribution in [1.82, 2.24) is 0 Å². The van der Waals surface area contributed by atoms with Crippen LogP contribution in [-0.4, -0.2) is 0 Å². The summed E-state index contributed by atoms with van der Waals surface area (Å²) in [6, 6.07) is 10.1. The molecule has 0 amide bonds. The molecule has 0 aliphatic heterocycles. The zero-order valence-electron chi connectivity index (χ0n) is 11.5. The third kappa shape index (κ3) is 3.14. The average Bonchev–Trinajstić information content (AvgIpc) is 2.71. The molecule has 2 atom stereocenters. The van der Waals surface area contributed by atoms with Gasteiger partial charge in [-0.2, -0.15) is 0 Å². The summed E-state index contributed by atoms with van der Waals surface area (Å²) in [5.74, 6) is 2.27. The highest BCUT2D eigenvalue weighted by atomic mass is 16.3. The first-order valence-corrected chi connectivity index (χ1v) is 6.80. The van der Waals surface area contributed by atoms with E-state index in [9.17, 15) is 0 Å². The number of hydrogen-bond donors (Lipinski definition) is 1. The van der Waals surface area contributed by atoms with E-state index in [-0.39, 0.29) is 6.04 Å². The van der Waals surface area contributed by atoms with Gasteiger partial charge in [-0.05, 0) is 36.8 Å². The first-order valence-electron chi connectivity index (χ1n) is 6.80. The first kappa shape index (κ1) is 13.2. The number of rotatable bonds is 5. The third-order valence-electron chi connectivity index (χ3n) is 3.34. The lowest BCUT2D eigenvalue weighted by molar-refractivity contribution is 0.363. The molecule has 2 N–H and O–H groups in total. The Kier molecular flexibility index (Phi) is 4.07. The van der Waals surface area contributed by atoms with E-state index in [1.165, 1.54) is 6.42 Å². The van der Waals surface area contributed by atoms with E-state index in [1.807, 2.05) is 18.2 Å². The van der Waals surface area contributed by atoms with E-state index in [0.29, 0.717) is 5.92 Å². The second-order valence-corrected chi connectivity index (χ2v) is 5.76. The molecular weight excluding hydrogens is 222 g/mol. The van der Waals surface area contributed by atoms with Crippen LogP contribution in [0.1, 0.15) is 45.4 Å². The van der Waals surface area contributed by atoms with Gasteiger partial charge in [-0.25, -0.2) is 0 Å². The lowest BCUT2D eigenvalue weighted by atomic mass is 9.92. The maximum atomic E-state index is 6.24. The van der Waals surface area contributed by atoms with Crippen molar-refractivity contribution in [3.8, 4) is 0 Å². The zero-order chi connectivity index (χ0) is 13.1. The molecule has 0 saturated carbocycles. The topological polar surface area (TPSA) is 39.2 Å². The van der Waals surface area contributed by atoms with Gasteiger partial charge in [-0.15, -0.1) is 0 Å². The zero-order valence-corrected chi connectivity index (χ0v) is 11.5. The molecule has 0 spiro atoms. The summed E-state index contributed by atoms with van der Waals surface area (Å²) in [5, 5.41) is 1.14. The minimum atomic E-state index is 0.00569. The van der Waals surface area contributed by atoms with E-state index in [1.54, 1.807) is 0 Å². The Morgan fingerprint density at radius 1 is 1.11 bits per heavy atom. The molecule has 2 nitrogen and oxygen atoms in total. The highest BCUT2D eigenvalue weighted by Gasteiger charge is 2.16.